The van der Waals surface area contributed by atoms with Crippen molar-refractivity contribution in [3.8, 4) is 0 Å². The number of hydrogen-bond donors (Lipinski definition) is 2. The predicted octanol–water partition coefficient (Wildman–Crippen LogP) is 3.59. The Morgan fingerprint density at radius 1 is 1.30 bits per heavy atom. The van der Waals surface area contributed by atoms with Gasteiger partial charge in [-0.25, -0.2) is 0 Å². The number of amides is 1. The zero-order valence-corrected chi connectivity index (χ0v) is 12.8. The van der Waals surface area contributed by atoms with Crippen LogP contribution < -0.4 is 10.6 Å². The van der Waals surface area contributed by atoms with Crippen molar-refractivity contribution in [3.05, 3.63) is 29.3 Å². The third kappa shape index (κ3) is 3.60. The van der Waals surface area contributed by atoms with Crippen molar-refractivity contribution in [3.63, 3.8) is 0 Å². The summed E-state index contributed by atoms with van der Waals surface area (Å²) in [6.45, 7) is 7.33. The summed E-state index contributed by atoms with van der Waals surface area (Å²) in [7, 11) is 0. The molecule has 20 heavy (non-hydrogen) atoms. The van der Waals surface area contributed by atoms with E-state index in [1.54, 1.807) is 0 Å². The first-order chi connectivity index (χ1) is 9.59. The smallest absolute Gasteiger partial charge is 0.241 e. The number of benzene rings is 1. The van der Waals surface area contributed by atoms with Gasteiger partial charge in [0.2, 0.25) is 5.91 Å². The molecule has 0 saturated carbocycles. The molecule has 0 spiro atoms. The fourth-order valence-electron chi connectivity index (χ4n) is 2.81. The van der Waals surface area contributed by atoms with Crippen molar-refractivity contribution in [2.24, 2.45) is 0 Å². The van der Waals surface area contributed by atoms with Gasteiger partial charge in [0, 0.05) is 5.69 Å². The second-order valence-electron chi connectivity index (χ2n) is 6.04. The molecule has 1 saturated heterocycles. The molecule has 0 radical (unpaired) electrons. The quantitative estimate of drug-likeness (QED) is 0.884. The van der Waals surface area contributed by atoms with Crippen LogP contribution in [0.5, 0.6) is 0 Å². The monoisotopic (exact) mass is 274 g/mol. The lowest BCUT2D eigenvalue weighted by molar-refractivity contribution is -0.118. The Hall–Kier alpha value is -1.35. The fourth-order valence-corrected chi connectivity index (χ4v) is 2.81. The van der Waals surface area contributed by atoms with Crippen molar-refractivity contribution < 1.29 is 4.79 Å². The Balaban J connectivity index is 2.14. The summed E-state index contributed by atoms with van der Waals surface area (Å²) in [5, 5.41) is 6.51. The van der Waals surface area contributed by atoms with Crippen molar-refractivity contribution in [1.82, 2.24) is 5.32 Å². The largest absolute Gasteiger partial charge is 0.324 e. The summed E-state index contributed by atoms with van der Waals surface area (Å²) in [5.41, 5.74) is 3.35. The molecule has 1 aliphatic heterocycles. The van der Waals surface area contributed by atoms with Gasteiger partial charge in [-0.1, -0.05) is 44.9 Å². The minimum absolute atomic E-state index is 0.0443. The molecule has 1 aliphatic rings. The molecule has 1 aromatic carbocycles. The molecule has 0 aromatic heterocycles. The third-order valence-corrected chi connectivity index (χ3v) is 4.05. The van der Waals surface area contributed by atoms with Gasteiger partial charge in [-0.2, -0.15) is 0 Å². The summed E-state index contributed by atoms with van der Waals surface area (Å²) in [6.07, 6.45) is 4.47. The van der Waals surface area contributed by atoms with Crippen LogP contribution in [0.25, 0.3) is 0 Å². The molecule has 3 nitrogen and oxygen atoms in total. The van der Waals surface area contributed by atoms with E-state index in [1.165, 1.54) is 18.4 Å². The van der Waals surface area contributed by atoms with E-state index in [9.17, 15) is 4.79 Å². The number of nitrogens with one attached hydrogen (secondary N) is 2. The van der Waals surface area contributed by atoms with E-state index in [2.05, 4.69) is 49.6 Å². The van der Waals surface area contributed by atoms with Crippen molar-refractivity contribution in [2.45, 2.75) is 58.4 Å². The molecule has 1 amide bonds. The molecule has 1 unspecified atom stereocenters. The first-order valence-corrected chi connectivity index (χ1v) is 7.73. The molecule has 1 aromatic rings. The summed E-state index contributed by atoms with van der Waals surface area (Å²) in [5.74, 6) is 0.524. The summed E-state index contributed by atoms with van der Waals surface area (Å²) < 4.78 is 0. The Kier molecular flexibility index (Phi) is 5.18. The number of hydrogen-bond acceptors (Lipinski definition) is 2. The molecule has 1 atom stereocenters. The average Bonchev–Trinajstić information content (AvgIpc) is 2.69. The van der Waals surface area contributed by atoms with Gasteiger partial charge in [0.25, 0.3) is 0 Å². The first kappa shape index (κ1) is 15.0. The minimum atomic E-state index is -0.0443. The molecule has 2 rings (SSSR count). The highest BCUT2D eigenvalue weighted by Crippen LogP contribution is 2.27. The van der Waals surface area contributed by atoms with Crippen LogP contribution >= 0.6 is 0 Å². The van der Waals surface area contributed by atoms with Gasteiger partial charge in [0.1, 0.15) is 0 Å². The lowest BCUT2D eigenvalue weighted by atomic mass is 9.98. The van der Waals surface area contributed by atoms with E-state index < -0.39 is 0 Å². The summed E-state index contributed by atoms with van der Waals surface area (Å²) in [6, 6.07) is 6.18. The van der Waals surface area contributed by atoms with Gasteiger partial charge in [-0.05, 0) is 43.4 Å². The molecular formula is C17H26N2O. The molecule has 1 fully saturated rings. The standard InChI is InChI=1S/C17H26N2O/c1-12(2)14-9-7-8-13(3)16(14)19-17(20)15-10-5-4-6-11-18-15/h7-9,12,15,18H,4-6,10-11H2,1-3H3,(H,19,20). The summed E-state index contributed by atoms with van der Waals surface area (Å²) in [4.78, 5) is 12.5. The Morgan fingerprint density at radius 2 is 2.10 bits per heavy atom. The lowest BCUT2D eigenvalue weighted by Crippen LogP contribution is -2.40. The molecule has 110 valence electrons. The number of carbonyl (C=O) groups excluding carboxylic acids is 1. The van der Waals surface area contributed by atoms with Crippen molar-refractivity contribution in [1.29, 1.82) is 0 Å². The zero-order valence-electron chi connectivity index (χ0n) is 12.8. The molecule has 3 heteroatoms. The molecule has 2 N–H and O–H groups in total. The normalized spacial score (nSPS) is 19.7. The highest BCUT2D eigenvalue weighted by molar-refractivity contribution is 5.96. The zero-order chi connectivity index (χ0) is 14.5. The lowest BCUT2D eigenvalue weighted by Gasteiger charge is -2.20. The second-order valence-corrected chi connectivity index (χ2v) is 6.04. The van der Waals surface area contributed by atoms with Gasteiger partial charge in [-0.15, -0.1) is 0 Å². The highest BCUT2D eigenvalue weighted by atomic mass is 16.2. The SMILES string of the molecule is Cc1cccc(C(C)C)c1NC(=O)C1CCCCCN1. The van der Waals surface area contributed by atoms with Crippen LogP contribution in [0.3, 0.4) is 0 Å². The Labute approximate surface area is 122 Å². The van der Waals surface area contributed by atoms with Crippen LogP contribution in [0.2, 0.25) is 0 Å². The van der Waals surface area contributed by atoms with Gasteiger partial charge < -0.3 is 10.6 Å². The van der Waals surface area contributed by atoms with Crippen molar-refractivity contribution in [2.75, 3.05) is 11.9 Å². The second kappa shape index (κ2) is 6.89. The molecule has 0 aliphatic carbocycles. The first-order valence-electron chi connectivity index (χ1n) is 7.73. The number of aryl methyl sites for hydroxylation is 1. The highest BCUT2D eigenvalue weighted by Gasteiger charge is 2.21. The van der Waals surface area contributed by atoms with E-state index in [1.807, 2.05) is 0 Å². The van der Waals surface area contributed by atoms with Gasteiger partial charge in [0.05, 0.1) is 6.04 Å². The van der Waals surface area contributed by atoms with E-state index >= 15 is 0 Å². The molecule has 0 bridgehead atoms. The van der Waals surface area contributed by atoms with Crippen molar-refractivity contribution >= 4 is 11.6 Å². The number of para-hydroxylation sites is 1. The van der Waals surface area contributed by atoms with Crippen LogP contribution in [0, 0.1) is 6.92 Å². The van der Waals surface area contributed by atoms with Crippen LogP contribution in [0.15, 0.2) is 18.2 Å². The van der Waals surface area contributed by atoms with Gasteiger partial charge in [0.15, 0.2) is 0 Å². The van der Waals surface area contributed by atoms with Gasteiger partial charge in [-0.3, -0.25) is 4.79 Å². The third-order valence-electron chi connectivity index (χ3n) is 4.05. The predicted molar refractivity (Wildman–Crippen MR) is 84.2 cm³/mol. The summed E-state index contributed by atoms with van der Waals surface area (Å²) >= 11 is 0. The maximum absolute atomic E-state index is 12.5. The Morgan fingerprint density at radius 3 is 2.85 bits per heavy atom. The molecule has 1 heterocycles. The van der Waals surface area contributed by atoms with E-state index in [4.69, 9.17) is 0 Å². The maximum Gasteiger partial charge on any atom is 0.241 e. The number of rotatable bonds is 3. The van der Waals surface area contributed by atoms with E-state index in [0.29, 0.717) is 5.92 Å². The van der Waals surface area contributed by atoms with Crippen LogP contribution in [0.4, 0.5) is 5.69 Å². The van der Waals surface area contributed by atoms with Crippen LogP contribution in [-0.4, -0.2) is 18.5 Å². The average molecular weight is 274 g/mol. The Bertz CT molecular complexity index is 460. The number of carbonyl (C=O) groups is 1. The van der Waals surface area contributed by atoms with Gasteiger partial charge >= 0.3 is 0 Å². The topological polar surface area (TPSA) is 41.1 Å². The fraction of sp³-hybridized carbons (Fsp3) is 0.588. The minimum Gasteiger partial charge on any atom is -0.324 e. The van der Waals surface area contributed by atoms with Crippen LogP contribution in [-0.2, 0) is 4.79 Å². The van der Waals surface area contributed by atoms with E-state index in [0.717, 1.165) is 30.6 Å². The van der Waals surface area contributed by atoms with E-state index in [-0.39, 0.29) is 11.9 Å². The molecular weight excluding hydrogens is 248 g/mol. The number of anilines is 1. The maximum atomic E-state index is 12.5. The van der Waals surface area contributed by atoms with Crippen LogP contribution in [0.1, 0.15) is 56.6 Å².